The molecule has 2 aliphatic carbocycles. The summed E-state index contributed by atoms with van der Waals surface area (Å²) >= 11 is 0. The molecule has 0 aromatic rings. The van der Waals surface area contributed by atoms with E-state index in [-0.39, 0.29) is 5.97 Å². The van der Waals surface area contributed by atoms with Gasteiger partial charge in [0.1, 0.15) is 0 Å². The maximum atomic E-state index is 11.3. The van der Waals surface area contributed by atoms with Crippen LogP contribution in [0.1, 0.15) is 38.5 Å². The average molecular weight is 225 g/mol. The van der Waals surface area contributed by atoms with Crippen LogP contribution < -0.4 is 5.73 Å². The third-order valence-corrected chi connectivity index (χ3v) is 4.35. The van der Waals surface area contributed by atoms with Gasteiger partial charge in [0.2, 0.25) is 0 Å². The van der Waals surface area contributed by atoms with E-state index in [2.05, 4.69) is 0 Å². The molecule has 0 spiro atoms. The number of fused-ring (bicyclic) bond motifs is 2. The number of ether oxygens (including phenoxy) is 1. The molecular formula is C13H23NO2. The van der Waals surface area contributed by atoms with Gasteiger partial charge in [-0.15, -0.1) is 0 Å². The highest BCUT2D eigenvalue weighted by atomic mass is 16.5. The first-order chi connectivity index (χ1) is 7.71. The van der Waals surface area contributed by atoms with E-state index in [0.29, 0.717) is 12.3 Å². The van der Waals surface area contributed by atoms with Crippen molar-refractivity contribution in [3.8, 4) is 0 Å². The van der Waals surface area contributed by atoms with E-state index in [0.717, 1.165) is 24.3 Å². The van der Waals surface area contributed by atoms with Gasteiger partial charge in [0.15, 0.2) is 0 Å². The highest BCUT2D eigenvalue weighted by Gasteiger charge is 2.36. The first-order valence-corrected chi connectivity index (χ1v) is 6.48. The fourth-order valence-corrected chi connectivity index (χ4v) is 3.80. The molecule has 2 bridgehead atoms. The van der Waals surface area contributed by atoms with Crippen LogP contribution in [0.15, 0.2) is 0 Å². The molecule has 0 aliphatic heterocycles. The fraction of sp³-hybridized carbons (Fsp3) is 0.923. The highest BCUT2D eigenvalue weighted by Crippen LogP contribution is 2.45. The van der Waals surface area contributed by atoms with Gasteiger partial charge in [0, 0.05) is 6.42 Å². The van der Waals surface area contributed by atoms with Gasteiger partial charge in [-0.05, 0) is 62.3 Å². The lowest BCUT2D eigenvalue weighted by Gasteiger charge is -2.42. The number of rotatable bonds is 3. The van der Waals surface area contributed by atoms with Crippen LogP contribution in [0.5, 0.6) is 0 Å². The molecule has 2 saturated carbocycles. The lowest BCUT2D eigenvalue weighted by Crippen LogP contribution is -2.34. The summed E-state index contributed by atoms with van der Waals surface area (Å²) < 4.78 is 4.76. The fourth-order valence-electron chi connectivity index (χ4n) is 3.80. The summed E-state index contributed by atoms with van der Waals surface area (Å²) in [4.78, 5) is 11.3. The number of esters is 1. The Balaban J connectivity index is 1.87. The van der Waals surface area contributed by atoms with Crippen molar-refractivity contribution < 1.29 is 9.53 Å². The zero-order chi connectivity index (χ0) is 11.5. The molecule has 2 N–H and O–H groups in total. The second-order valence-corrected chi connectivity index (χ2v) is 5.66. The van der Waals surface area contributed by atoms with Crippen molar-refractivity contribution >= 4 is 5.97 Å². The second kappa shape index (κ2) is 5.17. The third-order valence-electron chi connectivity index (χ3n) is 4.35. The summed E-state index contributed by atoms with van der Waals surface area (Å²) in [6.45, 7) is 0.842. The predicted molar refractivity (Wildman–Crippen MR) is 62.7 cm³/mol. The van der Waals surface area contributed by atoms with Gasteiger partial charge in [0.25, 0.3) is 0 Å². The van der Waals surface area contributed by atoms with Gasteiger partial charge in [-0.1, -0.05) is 0 Å². The molecule has 92 valence electrons. The minimum absolute atomic E-state index is 0.0413. The summed E-state index contributed by atoms with van der Waals surface area (Å²) in [5.74, 6) is 2.89. The number of methoxy groups -OCH3 is 1. The van der Waals surface area contributed by atoms with Crippen LogP contribution in [0.25, 0.3) is 0 Å². The Kier molecular flexibility index (Phi) is 3.85. The molecule has 0 aromatic heterocycles. The Morgan fingerprint density at radius 2 is 1.69 bits per heavy atom. The normalized spacial score (nSPS) is 38.1. The summed E-state index contributed by atoms with van der Waals surface area (Å²) in [7, 11) is 1.48. The molecule has 3 nitrogen and oxygen atoms in total. The standard InChI is InChI=1S/C13H23NO2/c1-16-13(15)7-11-3-9-2-10(4-11)6-12(5-9)8-14/h9-12H,2-8,14H2,1H3. The van der Waals surface area contributed by atoms with Gasteiger partial charge in [-0.3, -0.25) is 4.79 Å². The van der Waals surface area contributed by atoms with Crippen LogP contribution in [0, 0.1) is 23.7 Å². The van der Waals surface area contributed by atoms with Crippen molar-refractivity contribution in [2.24, 2.45) is 29.4 Å². The molecule has 2 unspecified atom stereocenters. The molecule has 3 heteroatoms. The molecular weight excluding hydrogens is 202 g/mol. The molecule has 2 rings (SSSR count). The van der Waals surface area contributed by atoms with Crippen LogP contribution in [0.2, 0.25) is 0 Å². The smallest absolute Gasteiger partial charge is 0.305 e. The molecule has 2 atom stereocenters. The molecule has 0 saturated heterocycles. The minimum atomic E-state index is -0.0413. The summed E-state index contributed by atoms with van der Waals surface area (Å²) in [6, 6.07) is 0. The summed E-state index contributed by atoms with van der Waals surface area (Å²) in [5, 5.41) is 0. The third kappa shape index (κ3) is 2.76. The lowest BCUT2D eigenvalue weighted by atomic mass is 9.64. The number of carbonyl (C=O) groups excluding carboxylic acids is 1. The van der Waals surface area contributed by atoms with Crippen LogP contribution >= 0.6 is 0 Å². The Hall–Kier alpha value is -0.570. The van der Waals surface area contributed by atoms with Gasteiger partial charge < -0.3 is 10.5 Å². The Morgan fingerprint density at radius 1 is 1.12 bits per heavy atom. The van der Waals surface area contributed by atoms with E-state index < -0.39 is 0 Å². The number of hydrogen-bond acceptors (Lipinski definition) is 3. The van der Waals surface area contributed by atoms with E-state index in [1.807, 2.05) is 0 Å². The molecule has 0 amide bonds. The van der Waals surface area contributed by atoms with Crippen molar-refractivity contribution in [1.82, 2.24) is 0 Å². The molecule has 2 fully saturated rings. The van der Waals surface area contributed by atoms with E-state index in [1.54, 1.807) is 0 Å². The average Bonchev–Trinajstić information content (AvgIpc) is 2.27. The van der Waals surface area contributed by atoms with Crippen LogP contribution in [0.4, 0.5) is 0 Å². The van der Waals surface area contributed by atoms with Crippen molar-refractivity contribution in [3.63, 3.8) is 0 Å². The molecule has 16 heavy (non-hydrogen) atoms. The Bertz CT molecular complexity index is 240. The van der Waals surface area contributed by atoms with Gasteiger partial charge in [0.05, 0.1) is 7.11 Å². The maximum absolute atomic E-state index is 11.3. The molecule has 0 aromatic carbocycles. The number of carbonyl (C=O) groups is 1. The Labute approximate surface area is 97.7 Å². The second-order valence-electron chi connectivity index (χ2n) is 5.66. The zero-order valence-electron chi connectivity index (χ0n) is 10.2. The number of nitrogens with two attached hydrogens (primary N) is 1. The molecule has 0 heterocycles. The largest absolute Gasteiger partial charge is 0.469 e. The van der Waals surface area contributed by atoms with E-state index in [9.17, 15) is 4.79 Å². The van der Waals surface area contributed by atoms with Crippen molar-refractivity contribution in [2.45, 2.75) is 38.5 Å². The first-order valence-electron chi connectivity index (χ1n) is 6.48. The quantitative estimate of drug-likeness (QED) is 0.747. The van der Waals surface area contributed by atoms with Crippen LogP contribution in [-0.2, 0) is 9.53 Å². The SMILES string of the molecule is COC(=O)CC1CC2CC(CN)CC(C1)C2. The van der Waals surface area contributed by atoms with Gasteiger partial charge in [-0.25, -0.2) is 0 Å². The van der Waals surface area contributed by atoms with Gasteiger partial charge in [-0.2, -0.15) is 0 Å². The van der Waals surface area contributed by atoms with Crippen molar-refractivity contribution in [3.05, 3.63) is 0 Å². The monoisotopic (exact) mass is 225 g/mol. The zero-order valence-corrected chi connectivity index (χ0v) is 10.2. The van der Waals surface area contributed by atoms with E-state index in [4.69, 9.17) is 10.5 Å². The summed E-state index contributed by atoms with van der Waals surface area (Å²) in [5.41, 5.74) is 5.77. The lowest BCUT2D eigenvalue weighted by molar-refractivity contribution is -0.142. The minimum Gasteiger partial charge on any atom is -0.469 e. The van der Waals surface area contributed by atoms with Crippen LogP contribution in [-0.4, -0.2) is 19.6 Å². The number of hydrogen-bond donors (Lipinski definition) is 1. The first kappa shape index (κ1) is 11.9. The van der Waals surface area contributed by atoms with Gasteiger partial charge >= 0.3 is 5.97 Å². The topological polar surface area (TPSA) is 52.3 Å². The Morgan fingerprint density at radius 3 is 2.19 bits per heavy atom. The highest BCUT2D eigenvalue weighted by molar-refractivity contribution is 5.69. The van der Waals surface area contributed by atoms with E-state index in [1.165, 1.54) is 39.2 Å². The molecule has 2 aliphatic rings. The molecule has 0 radical (unpaired) electrons. The van der Waals surface area contributed by atoms with Crippen molar-refractivity contribution in [1.29, 1.82) is 0 Å². The summed E-state index contributed by atoms with van der Waals surface area (Å²) in [6.07, 6.45) is 6.98. The van der Waals surface area contributed by atoms with Crippen molar-refractivity contribution in [2.75, 3.05) is 13.7 Å². The maximum Gasteiger partial charge on any atom is 0.305 e. The van der Waals surface area contributed by atoms with E-state index >= 15 is 0 Å². The van der Waals surface area contributed by atoms with Crippen LogP contribution in [0.3, 0.4) is 0 Å². The predicted octanol–water partition coefficient (Wildman–Crippen LogP) is 1.95.